The maximum atomic E-state index is 11.0. The predicted octanol–water partition coefficient (Wildman–Crippen LogP) is 2.39. The molecule has 14 heteroatoms. The third-order valence-electron chi connectivity index (χ3n) is 5.23. The van der Waals surface area contributed by atoms with E-state index in [1.54, 1.807) is 27.9 Å². The molecule has 0 aromatic carbocycles. The normalized spacial score (nSPS) is 33.6. The number of ether oxygens (including phenoxy) is 2. The number of hydrogen-bond donors (Lipinski definition) is 2. The number of aromatic nitrogens is 4. The van der Waals surface area contributed by atoms with Crippen molar-refractivity contribution in [1.82, 2.24) is 19.5 Å². The quantitative estimate of drug-likeness (QED) is 0.271. The van der Waals surface area contributed by atoms with Gasteiger partial charge in [0.25, 0.3) is 0 Å². The third kappa shape index (κ3) is 4.52. The molecule has 2 aromatic heterocycles. The van der Waals surface area contributed by atoms with Crippen molar-refractivity contribution in [1.29, 1.82) is 0 Å². The van der Waals surface area contributed by atoms with Crippen LogP contribution in [0, 0.1) is 17.0 Å². The van der Waals surface area contributed by atoms with E-state index in [0.29, 0.717) is 33.7 Å². The average Bonchev–Trinajstić information content (AvgIpc) is 3.37. The maximum absolute atomic E-state index is 11.0. The monoisotopic (exact) mass is 504 g/mol. The Bertz CT molecular complexity index is 1050. The number of imidazole rings is 1. The van der Waals surface area contributed by atoms with Gasteiger partial charge in [-0.1, -0.05) is 0 Å². The second kappa shape index (κ2) is 9.23. The Kier molecular flexibility index (Phi) is 6.56. The second-order valence-corrected chi connectivity index (χ2v) is 12.0. The van der Waals surface area contributed by atoms with Gasteiger partial charge in [-0.3, -0.25) is 0 Å². The zero-order chi connectivity index (χ0) is 21.4. The Morgan fingerprint density at radius 2 is 2.19 bits per heavy atom. The molecule has 2 aromatic rings. The number of nitrogens with zero attached hydrogens (tertiary/aromatic N) is 3. The van der Waals surface area contributed by atoms with E-state index in [-0.39, 0.29) is 43.9 Å². The van der Waals surface area contributed by atoms with E-state index in [2.05, 4.69) is 20.9 Å². The van der Waals surface area contributed by atoms with Gasteiger partial charge in [-0.15, -0.1) is 0 Å². The van der Waals surface area contributed by atoms with Crippen LogP contribution in [0.25, 0.3) is 11.2 Å². The van der Waals surface area contributed by atoms with E-state index in [9.17, 15) is 4.89 Å². The number of rotatable bonds is 5. The van der Waals surface area contributed by atoms with E-state index in [0.717, 1.165) is 0 Å². The summed E-state index contributed by atoms with van der Waals surface area (Å²) in [6.07, 6.45) is 7.31. The van der Waals surface area contributed by atoms with Crippen molar-refractivity contribution >= 4 is 53.1 Å². The van der Waals surface area contributed by atoms with Crippen LogP contribution in [0.1, 0.15) is 12.6 Å². The summed E-state index contributed by atoms with van der Waals surface area (Å²) in [5.41, 5.74) is 1.23. The summed E-state index contributed by atoms with van der Waals surface area (Å²) in [7, 11) is -0.524. The molecule has 3 saturated heterocycles. The minimum atomic E-state index is -3.86. The summed E-state index contributed by atoms with van der Waals surface area (Å²) in [6, 6.07) is 0. The Morgan fingerprint density at radius 1 is 1.35 bits per heavy atom. The van der Waals surface area contributed by atoms with Crippen molar-refractivity contribution in [3.05, 3.63) is 17.3 Å². The summed E-state index contributed by atoms with van der Waals surface area (Å²) < 4.78 is 31.7. The molecule has 3 aliphatic rings. The van der Waals surface area contributed by atoms with Gasteiger partial charge in [0.05, 0.1) is 0 Å². The molecule has 3 aliphatic heterocycles. The van der Waals surface area contributed by atoms with Crippen LogP contribution in [0.2, 0.25) is 0 Å². The first-order valence-electron chi connectivity index (χ1n) is 9.63. The fraction of sp³-hybridized carbons (Fsp3) is 0.588. The van der Waals surface area contributed by atoms with Crippen LogP contribution >= 0.6 is 42.0 Å². The van der Waals surface area contributed by atoms with Crippen LogP contribution in [0.5, 0.6) is 0 Å². The number of terminal acetylenes is 1. The van der Waals surface area contributed by atoms with E-state index in [1.165, 1.54) is 6.33 Å². The second-order valence-electron chi connectivity index (χ2n) is 7.19. The van der Waals surface area contributed by atoms with Gasteiger partial charge in [-0.2, -0.15) is 0 Å². The molecular weight excluding hydrogens is 483 g/mol. The van der Waals surface area contributed by atoms with Gasteiger partial charge in [-0.05, 0) is 0 Å². The predicted molar refractivity (Wildman–Crippen MR) is 121 cm³/mol. The number of aromatic amines is 1. The molecule has 0 unspecified atom stereocenters. The van der Waals surface area contributed by atoms with Crippen LogP contribution in [0.3, 0.4) is 0 Å². The molecule has 3 fully saturated rings. The fourth-order valence-electron chi connectivity index (χ4n) is 3.75. The molecule has 10 nitrogen and oxygen atoms in total. The summed E-state index contributed by atoms with van der Waals surface area (Å²) >= 11 is 5.26. The number of hydrogen-bond acceptors (Lipinski definition) is 11. The van der Waals surface area contributed by atoms with E-state index < -0.39 is 8.17 Å². The van der Waals surface area contributed by atoms with Crippen molar-refractivity contribution in [3.8, 4) is 12.3 Å². The molecule has 5 atom stereocenters. The van der Waals surface area contributed by atoms with Crippen molar-refractivity contribution in [2.24, 2.45) is 0 Å². The van der Waals surface area contributed by atoms with Crippen molar-refractivity contribution in [3.63, 3.8) is 0 Å². The zero-order valence-electron chi connectivity index (χ0n) is 16.2. The molecule has 5 rings (SSSR count). The molecule has 0 saturated carbocycles. The topological polar surface area (TPSA) is 113 Å². The summed E-state index contributed by atoms with van der Waals surface area (Å²) in [5.74, 6) is 3.82. The molecule has 0 aliphatic carbocycles. The Morgan fingerprint density at radius 3 is 3.03 bits per heavy atom. The first kappa shape index (κ1) is 22.0. The van der Waals surface area contributed by atoms with Gasteiger partial charge in [0, 0.05) is 0 Å². The molecular formula is C17H21N4O6PS3. The molecule has 5 heterocycles. The Balaban J connectivity index is 1.27. The van der Waals surface area contributed by atoms with Gasteiger partial charge in [0.1, 0.15) is 0 Å². The molecule has 168 valence electrons. The van der Waals surface area contributed by atoms with Crippen molar-refractivity contribution in [2.45, 2.75) is 37.1 Å². The number of H-pyrrole nitrogens is 1. The molecule has 0 spiro atoms. The fourth-order valence-corrected chi connectivity index (χ4v) is 8.32. The number of nitrogens with one attached hydrogen (secondary N) is 1. The van der Waals surface area contributed by atoms with Crippen LogP contribution in [0.4, 0.5) is 0 Å². The van der Waals surface area contributed by atoms with Crippen LogP contribution in [-0.4, -0.2) is 73.5 Å². The van der Waals surface area contributed by atoms with Crippen LogP contribution < -0.4 is 0 Å². The van der Waals surface area contributed by atoms with Gasteiger partial charge in [-0.25, -0.2) is 0 Å². The van der Waals surface area contributed by atoms with Gasteiger partial charge in [0.15, 0.2) is 0 Å². The SMILES string of the molecule is C#CCO[C@H]1CSSC[C@@H]1O[PH]1(O)OC[C@H]2O[C@@H](n3cnc4c(=S)[nH]cnc43)C[C@@H]2O1. The van der Waals surface area contributed by atoms with Crippen LogP contribution in [-0.2, 0) is 23.0 Å². The van der Waals surface area contributed by atoms with Gasteiger partial charge >= 0.3 is 192 Å². The van der Waals surface area contributed by atoms with Gasteiger partial charge in [0.2, 0.25) is 0 Å². The zero-order valence-corrected chi connectivity index (χ0v) is 19.7. The van der Waals surface area contributed by atoms with Crippen LogP contribution in [0.15, 0.2) is 12.7 Å². The van der Waals surface area contributed by atoms with E-state index in [4.69, 9.17) is 41.7 Å². The standard InChI is InChI=1S/C17H21N4O6PS3/c1-2-3-23-12-6-30-31-7-13(12)27-28(22)24-5-11-10(26-28)4-14(25-11)21-9-20-15-16(21)18-8-19-17(15)29/h1,8-14,22,28H,3-7H2,(H,18,19,29)/t10-,11+,12-,13-,14+/m0/s1. The molecule has 31 heavy (non-hydrogen) atoms. The first-order valence-corrected chi connectivity index (χ1v) is 14.2. The molecule has 2 N–H and O–H groups in total. The molecule has 0 amide bonds. The average molecular weight is 505 g/mol. The molecule has 0 radical (unpaired) electrons. The van der Waals surface area contributed by atoms with E-state index >= 15 is 0 Å². The van der Waals surface area contributed by atoms with Gasteiger partial charge < -0.3 is 0 Å². The van der Waals surface area contributed by atoms with Crippen molar-refractivity contribution in [2.75, 3.05) is 24.7 Å². The summed E-state index contributed by atoms with van der Waals surface area (Å²) in [4.78, 5) is 22.5. The first-order chi connectivity index (χ1) is 15.1. The van der Waals surface area contributed by atoms with E-state index in [1.807, 2.05) is 4.57 Å². The van der Waals surface area contributed by atoms with Crippen molar-refractivity contribution < 1.29 is 27.9 Å². The third-order valence-corrected chi connectivity index (χ3v) is 9.69. The Hall–Kier alpha value is -0.780. The summed E-state index contributed by atoms with van der Waals surface area (Å²) in [5, 5.41) is 0. The minimum absolute atomic E-state index is 0.175. The molecule has 0 bridgehead atoms. The summed E-state index contributed by atoms with van der Waals surface area (Å²) in [6.45, 7) is 0.364. The Labute approximate surface area is 191 Å². The number of fused-ring (bicyclic) bond motifs is 2.